The number of nitrogens with two attached hydrogens (primary N) is 1. The maximum atomic E-state index is 13.4. The van der Waals surface area contributed by atoms with Crippen molar-refractivity contribution in [3.05, 3.63) is 63.8 Å². The first-order valence-corrected chi connectivity index (χ1v) is 6.39. The van der Waals surface area contributed by atoms with Gasteiger partial charge in [-0.15, -0.1) is 0 Å². The lowest BCUT2D eigenvalue weighted by molar-refractivity contribution is 0.385. The van der Waals surface area contributed by atoms with E-state index in [0.717, 1.165) is 11.1 Å². The Kier molecular flexibility index (Phi) is 3.23. The van der Waals surface area contributed by atoms with Gasteiger partial charge in [0.15, 0.2) is 11.6 Å². The van der Waals surface area contributed by atoms with Gasteiger partial charge >= 0.3 is 5.69 Å². The Morgan fingerprint density at radius 3 is 2.52 bits per heavy atom. The molecule has 6 heteroatoms. The summed E-state index contributed by atoms with van der Waals surface area (Å²) in [5, 5.41) is 0. The molecule has 0 aliphatic heterocycles. The van der Waals surface area contributed by atoms with Gasteiger partial charge < -0.3 is 20.4 Å². The molecule has 1 heterocycles. The number of hydrogen-bond acceptors (Lipinski definition) is 3. The third kappa shape index (κ3) is 2.41. The third-order valence-corrected chi connectivity index (χ3v) is 3.43. The smallest absolute Gasteiger partial charge is 0.323 e. The van der Waals surface area contributed by atoms with Crippen molar-refractivity contribution in [1.29, 1.82) is 0 Å². The van der Waals surface area contributed by atoms with Crippen LogP contribution >= 0.6 is 0 Å². The molecule has 4 N–H and O–H groups in total. The van der Waals surface area contributed by atoms with E-state index in [-0.39, 0.29) is 11.4 Å². The Morgan fingerprint density at radius 2 is 1.76 bits per heavy atom. The van der Waals surface area contributed by atoms with Crippen LogP contribution in [0.1, 0.15) is 17.2 Å². The number of imidazole rings is 1. The monoisotopic (exact) mass is 287 g/mol. The van der Waals surface area contributed by atoms with Crippen LogP contribution in [0.4, 0.5) is 4.39 Å². The normalized spacial score (nSPS) is 12.5. The second kappa shape index (κ2) is 5.06. The summed E-state index contributed by atoms with van der Waals surface area (Å²) in [4.78, 5) is 16.6. The molecule has 0 bridgehead atoms. The summed E-state index contributed by atoms with van der Waals surface area (Å²) in [6.07, 6.45) is 0. The lowest BCUT2D eigenvalue weighted by Crippen LogP contribution is -2.12. The molecule has 0 radical (unpaired) electrons. The van der Waals surface area contributed by atoms with Gasteiger partial charge in [-0.05, 0) is 35.4 Å². The van der Waals surface area contributed by atoms with Gasteiger partial charge in [0.05, 0.1) is 24.2 Å². The second-order valence-corrected chi connectivity index (χ2v) is 4.76. The SMILES string of the molecule is COc1cc(C(N)c2ccc3[nH]c(=O)[nH]c3c2)ccc1F. The largest absolute Gasteiger partial charge is 0.494 e. The molecule has 0 saturated carbocycles. The number of halogens is 1. The maximum Gasteiger partial charge on any atom is 0.323 e. The van der Waals surface area contributed by atoms with Crippen LogP contribution in [-0.4, -0.2) is 17.1 Å². The van der Waals surface area contributed by atoms with Gasteiger partial charge in [0.25, 0.3) is 0 Å². The Hall–Kier alpha value is -2.60. The average Bonchev–Trinajstić information content (AvgIpc) is 2.86. The molecule has 0 amide bonds. The minimum Gasteiger partial charge on any atom is -0.494 e. The number of benzene rings is 2. The lowest BCUT2D eigenvalue weighted by atomic mass is 9.99. The van der Waals surface area contributed by atoms with Gasteiger partial charge in [-0.25, -0.2) is 9.18 Å². The molecule has 0 aliphatic carbocycles. The summed E-state index contributed by atoms with van der Waals surface area (Å²) < 4.78 is 18.4. The number of H-pyrrole nitrogens is 2. The predicted octanol–water partition coefficient (Wildman–Crippen LogP) is 2.05. The summed E-state index contributed by atoms with van der Waals surface area (Å²) in [7, 11) is 1.41. The minimum atomic E-state index is -0.442. The number of aromatic amines is 2. The quantitative estimate of drug-likeness (QED) is 0.689. The zero-order valence-corrected chi connectivity index (χ0v) is 11.3. The first-order valence-electron chi connectivity index (χ1n) is 6.39. The van der Waals surface area contributed by atoms with Gasteiger partial charge in [0.2, 0.25) is 0 Å². The van der Waals surface area contributed by atoms with Crippen LogP contribution < -0.4 is 16.2 Å². The lowest BCUT2D eigenvalue weighted by Gasteiger charge is -2.14. The molecule has 21 heavy (non-hydrogen) atoms. The summed E-state index contributed by atoms with van der Waals surface area (Å²) in [5.74, 6) is -0.280. The summed E-state index contributed by atoms with van der Waals surface area (Å²) in [5.41, 5.74) is 8.88. The molecule has 0 saturated heterocycles. The molecule has 0 aliphatic rings. The number of methoxy groups -OCH3 is 1. The highest BCUT2D eigenvalue weighted by molar-refractivity contribution is 5.75. The highest BCUT2D eigenvalue weighted by atomic mass is 19.1. The van der Waals surface area contributed by atoms with E-state index < -0.39 is 11.9 Å². The summed E-state index contributed by atoms with van der Waals surface area (Å²) in [6.45, 7) is 0. The van der Waals surface area contributed by atoms with Gasteiger partial charge in [0, 0.05) is 0 Å². The Balaban J connectivity index is 2.02. The summed E-state index contributed by atoms with van der Waals surface area (Å²) >= 11 is 0. The number of nitrogens with one attached hydrogen (secondary N) is 2. The van der Waals surface area contributed by atoms with Crippen LogP contribution in [0.3, 0.4) is 0 Å². The van der Waals surface area contributed by atoms with Crippen molar-refractivity contribution in [2.24, 2.45) is 5.73 Å². The van der Waals surface area contributed by atoms with Crippen molar-refractivity contribution in [3.8, 4) is 5.75 Å². The molecule has 3 rings (SSSR count). The molecule has 1 atom stereocenters. The molecule has 3 aromatic rings. The number of fused-ring (bicyclic) bond motifs is 1. The number of ether oxygens (including phenoxy) is 1. The second-order valence-electron chi connectivity index (χ2n) is 4.76. The Bertz CT molecular complexity index is 853. The Morgan fingerprint density at radius 1 is 1.10 bits per heavy atom. The highest BCUT2D eigenvalue weighted by Crippen LogP contribution is 2.26. The van der Waals surface area contributed by atoms with Crippen LogP contribution in [0.2, 0.25) is 0 Å². The van der Waals surface area contributed by atoms with Crippen molar-refractivity contribution < 1.29 is 9.13 Å². The molecule has 1 unspecified atom stereocenters. The van der Waals surface area contributed by atoms with Crippen LogP contribution in [-0.2, 0) is 0 Å². The fourth-order valence-electron chi connectivity index (χ4n) is 2.31. The van der Waals surface area contributed by atoms with E-state index in [9.17, 15) is 9.18 Å². The van der Waals surface area contributed by atoms with E-state index in [4.69, 9.17) is 10.5 Å². The van der Waals surface area contributed by atoms with Crippen LogP contribution in [0.5, 0.6) is 5.75 Å². The Labute approximate surface area is 119 Å². The molecule has 0 fully saturated rings. The maximum absolute atomic E-state index is 13.4. The zero-order valence-electron chi connectivity index (χ0n) is 11.3. The van der Waals surface area contributed by atoms with E-state index >= 15 is 0 Å². The first-order chi connectivity index (χ1) is 10.1. The van der Waals surface area contributed by atoms with Crippen molar-refractivity contribution in [1.82, 2.24) is 9.97 Å². The van der Waals surface area contributed by atoms with Gasteiger partial charge in [0.1, 0.15) is 0 Å². The van der Waals surface area contributed by atoms with Crippen LogP contribution in [0.25, 0.3) is 11.0 Å². The summed E-state index contributed by atoms with van der Waals surface area (Å²) in [6, 6.07) is 9.48. The van der Waals surface area contributed by atoms with Gasteiger partial charge in [-0.2, -0.15) is 0 Å². The molecular weight excluding hydrogens is 273 g/mol. The van der Waals surface area contributed by atoms with Crippen molar-refractivity contribution >= 4 is 11.0 Å². The molecule has 1 aromatic heterocycles. The van der Waals surface area contributed by atoms with E-state index in [2.05, 4.69) is 9.97 Å². The number of aromatic nitrogens is 2. The number of rotatable bonds is 3. The van der Waals surface area contributed by atoms with Gasteiger partial charge in [-0.3, -0.25) is 0 Å². The van der Waals surface area contributed by atoms with E-state index in [1.54, 1.807) is 24.3 Å². The van der Waals surface area contributed by atoms with Crippen LogP contribution in [0, 0.1) is 5.82 Å². The average molecular weight is 287 g/mol. The molecule has 108 valence electrons. The molecular formula is C15H14FN3O2. The third-order valence-electron chi connectivity index (χ3n) is 3.43. The fraction of sp³-hybridized carbons (Fsp3) is 0.133. The van der Waals surface area contributed by atoms with Crippen LogP contribution in [0.15, 0.2) is 41.2 Å². The molecule has 0 spiro atoms. The predicted molar refractivity (Wildman–Crippen MR) is 77.9 cm³/mol. The van der Waals surface area contributed by atoms with Crippen molar-refractivity contribution in [2.45, 2.75) is 6.04 Å². The van der Waals surface area contributed by atoms with E-state index in [1.807, 2.05) is 6.07 Å². The first kappa shape index (κ1) is 13.4. The van der Waals surface area contributed by atoms with E-state index in [0.29, 0.717) is 11.0 Å². The topological polar surface area (TPSA) is 83.9 Å². The van der Waals surface area contributed by atoms with Crippen molar-refractivity contribution in [3.63, 3.8) is 0 Å². The zero-order chi connectivity index (χ0) is 15.0. The minimum absolute atomic E-state index is 0.152. The highest BCUT2D eigenvalue weighted by Gasteiger charge is 2.13. The van der Waals surface area contributed by atoms with Crippen molar-refractivity contribution in [2.75, 3.05) is 7.11 Å². The standard InChI is InChI=1S/C15H14FN3O2/c1-21-13-7-9(2-4-10(13)16)14(17)8-3-5-11-12(6-8)19-15(20)18-11/h2-7,14H,17H2,1H3,(H2,18,19,20). The molecule has 2 aromatic carbocycles. The fourth-order valence-corrected chi connectivity index (χ4v) is 2.31. The number of hydrogen-bond donors (Lipinski definition) is 3. The molecule has 5 nitrogen and oxygen atoms in total. The van der Waals surface area contributed by atoms with E-state index in [1.165, 1.54) is 13.2 Å². The van der Waals surface area contributed by atoms with Gasteiger partial charge in [-0.1, -0.05) is 12.1 Å².